The van der Waals surface area contributed by atoms with E-state index in [-0.39, 0.29) is 18.4 Å². The zero-order valence-corrected chi connectivity index (χ0v) is 12.3. The minimum Gasteiger partial charge on any atom is -0.394 e. The minimum absolute atomic E-state index is 0.00356. The second-order valence-electron chi connectivity index (χ2n) is 5.63. The lowest BCUT2D eigenvalue weighted by Gasteiger charge is -2.31. The molecule has 4 nitrogen and oxygen atoms in total. The molecule has 0 spiro atoms. The van der Waals surface area contributed by atoms with Gasteiger partial charge in [-0.25, -0.2) is 0 Å². The maximum absolute atomic E-state index is 12.0. The van der Waals surface area contributed by atoms with E-state index in [4.69, 9.17) is 5.73 Å². The fourth-order valence-electron chi connectivity index (χ4n) is 2.23. The highest BCUT2D eigenvalue weighted by molar-refractivity contribution is 5.77. The van der Waals surface area contributed by atoms with Gasteiger partial charge >= 0.3 is 0 Å². The van der Waals surface area contributed by atoms with Crippen LogP contribution in [0.4, 0.5) is 0 Å². The maximum atomic E-state index is 12.0. The van der Waals surface area contributed by atoms with Gasteiger partial charge in [0.15, 0.2) is 0 Å². The molecular weight excluding hydrogens is 228 g/mol. The van der Waals surface area contributed by atoms with Gasteiger partial charge < -0.3 is 16.2 Å². The zero-order valence-electron chi connectivity index (χ0n) is 12.3. The third kappa shape index (κ3) is 5.83. The first-order chi connectivity index (χ1) is 8.42. The van der Waals surface area contributed by atoms with Crippen LogP contribution < -0.4 is 11.1 Å². The Morgan fingerprint density at radius 1 is 1.33 bits per heavy atom. The van der Waals surface area contributed by atoms with Crippen molar-refractivity contribution in [2.45, 2.75) is 58.9 Å². The normalized spacial score (nSPS) is 13.7. The Morgan fingerprint density at radius 3 is 2.22 bits per heavy atom. The van der Waals surface area contributed by atoms with Crippen LogP contribution in [0.3, 0.4) is 0 Å². The Morgan fingerprint density at radius 2 is 1.89 bits per heavy atom. The molecule has 0 heterocycles. The van der Waals surface area contributed by atoms with Crippen LogP contribution in [0.1, 0.15) is 53.4 Å². The Kier molecular flexibility index (Phi) is 8.20. The van der Waals surface area contributed by atoms with Crippen LogP contribution in [0.2, 0.25) is 0 Å². The summed E-state index contributed by atoms with van der Waals surface area (Å²) in [4.78, 5) is 12.0. The molecule has 0 bridgehead atoms. The third-order valence-electron chi connectivity index (χ3n) is 3.67. The Bertz CT molecular complexity index is 230. The van der Waals surface area contributed by atoms with Gasteiger partial charge in [0, 0.05) is 6.42 Å². The Hall–Kier alpha value is -0.610. The van der Waals surface area contributed by atoms with Crippen LogP contribution in [-0.4, -0.2) is 29.7 Å². The van der Waals surface area contributed by atoms with Gasteiger partial charge in [-0.15, -0.1) is 0 Å². The highest BCUT2D eigenvalue weighted by atomic mass is 16.3. The fraction of sp³-hybridized carbons (Fsp3) is 0.929. The van der Waals surface area contributed by atoms with Gasteiger partial charge in [-0.3, -0.25) is 4.79 Å². The van der Waals surface area contributed by atoms with Crippen molar-refractivity contribution in [3.05, 3.63) is 0 Å². The summed E-state index contributed by atoms with van der Waals surface area (Å²) in [6.45, 7) is 8.76. The molecule has 1 amide bonds. The SMILES string of the molecule is CCC(CC)(CO)NC(=O)C[C@@H](CN)CC(C)C. The summed E-state index contributed by atoms with van der Waals surface area (Å²) in [5.41, 5.74) is 5.24. The van der Waals surface area contributed by atoms with Crippen LogP contribution in [0, 0.1) is 11.8 Å². The first-order valence-electron chi connectivity index (χ1n) is 7.04. The second kappa shape index (κ2) is 8.48. The molecule has 108 valence electrons. The number of carbonyl (C=O) groups excluding carboxylic acids is 1. The van der Waals surface area contributed by atoms with Crippen LogP contribution >= 0.6 is 0 Å². The molecule has 0 aromatic carbocycles. The van der Waals surface area contributed by atoms with Gasteiger partial charge in [0.1, 0.15) is 0 Å². The summed E-state index contributed by atoms with van der Waals surface area (Å²) >= 11 is 0. The van der Waals surface area contributed by atoms with Crippen LogP contribution in [0.25, 0.3) is 0 Å². The summed E-state index contributed by atoms with van der Waals surface area (Å²) < 4.78 is 0. The average molecular weight is 258 g/mol. The summed E-state index contributed by atoms with van der Waals surface area (Å²) in [7, 11) is 0. The van der Waals surface area contributed by atoms with E-state index in [0.29, 0.717) is 18.9 Å². The number of amides is 1. The van der Waals surface area contributed by atoms with E-state index in [1.165, 1.54) is 0 Å². The van der Waals surface area contributed by atoms with Crippen LogP contribution in [-0.2, 0) is 4.79 Å². The topological polar surface area (TPSA) is 75.3 Å². The monoisotopic (exact) mass is 258 g/mol. The van der Waals surface area contributed by atoms with Crippen molar-refractivity contribution in [1.29, 1.82) is 0 Å². The van der Waals surface area contributed by atoms with Gasteiger partial charge in [-0.05, 0) is 37.6 Å². The third-order valence-corrected chi connectivity index (χ3v) is 3.67. The fourth-order valence-corrected chi connectivity index (χ4v) is 2.23. The molecule has 0 aliphatic heterocycles. The van der Waals surface area contributed by atoms with E-state index in [2.05, 4.69) is 19.2 Å². The molecule has 4 heteroatoms. The van der Waals surface area contributed by atoms with Crippen molar-refractivity contribution >= 4 is 5.91 Å². The van der Waals surface area contributed by atoms with Crippen molar-refractivity contribution in [2.75, 3.05) is 13.2 Å². The number of hydrogen-bond donors (Lipinski definition) is 3. The molecular formula is C14H30N2O2. The van der Waals surface area contributed by atoms with Crippen molar-refractivity contribution in [1.82, 2.24) is 5.32 Å². The number of carbonyl (C=O) groups is 1. The number of nitrogens with two attached hydrogens (primary N) is 1. The number of aliphatic hydroxyl groups excluding tert-OH is 1. The quantitative estimate of drug-likeness (QED) is 0.589. The first-order valence-corrected chi connectivity index (χ1v) is 7.04. The molecule has 0 aromatic heterocycles. The van der Waals surface area contributed by atoms with Gasteiger partial charge in [-0.1, -0.05) is 27.7 Å². The number of rotatable bonds is 9. The molecule has 0 radical (unpaired) electrons. The van der Waals surface area contributed by atoms with Gasteiger partial charge in [0.25, 0.3) is 0 Å². The molecule has 0 saturated heterocycles. The van der Waals surface area contributed by atoms with E-state index >= 15 is 0 Å². The number of hydrogen-bond acceptors (Lipinski definition) is 3. The van der Waals surface area contributed by atoms with Gasteiger partial charge in [0.2, 0.25) is 5.91 Å². The van der Waals surface area contributed by atoms with Crippen molar-refractivity contribution in [3.8, 4) is 0 Å². The van der Waals surface area contributed by atoms with E-state index in [1.807, 2.05) is 13.8 Å². The minimum atomic E-state index is -0.464. The Labute approximate surface area is 111 Å². The standard InChI is InChI=1S/C14H30N2O2/c1-5-14(6-2,10-17)16-13(18)8-12(9-15)7-11(3)4/h11-12,17H,5-10,15H2,1-4H3,(H,16,18)/t12-/m0/s1. The molecule has 1 atom stereocenters. The van der Waals surface area contributed by atoms with Crippen LogP contribution in [0.5, 0.6) is 0 Å². The number of aliphatic hydroxyl groups is 1. The van der Waals surface area contributed by atoms with Gasteiger partial charge in [0.05, 0.1) is 12.1 Å². The largest absolute Gasteiger partial charge is 0.394 e. The molecule has 0 unspecified atom stereocenters. The first kappa shape index (κ1) is 17.4. The molecule has 0 rings (SSSR count). The summed E-state index contributed by atoms with van der Waals surface area (Å²) in [6, 6.07) is 0. The molecule has 0 aliphatic carbocycles. The van der Waals surface area contributed by atoms with Crippen LogP contribution in [0.15, 0.2) is 0 Å². The van der Waals surface area contributed by atoms with Crippen molar-refractivity contribution < 1.29 is 9.90 Å². The molecule has 0 aromatic rings. The zero-order chi connectivity index (χ0) is 14.2. The van der Waals surface area contributed by atoms with E-state index < -0.39 is 5.54 Å². The average Bonchev–Trinajstić information content (AvgIpc) is 2.34. The lowest BCUT2D eigenvalue weighted by atomic mass is 9.91. The van der Waals surface area contributed by atoms with E-state index in [0.717, 1.165) is 19.3 Å². The highest BCUT2D eigenvalue weighted by Crippen LogP contribution is 2.17. The summed E-state index contributed by atoms with van der Waals surface area (Å²) in [5, 5.41) is 12.4. The maximum Gasteiger partial charge on any atom is 0.220 e. The molecule has 0 aliphatic rings. The lowest BCUT2D eigenvalue weighted by molar-refractivity contribution is -0.124. The van der Waals surface area contributed by atoms with E-state index in [9.17, 15) is 9.90 Å². The van der Waals surface area contributed by atoms with Crippen molar-refractivity contribution in [3.63, 3.8) is 0 Å². The van der Waals surface area contributed by atoms with Gasteiger partial charge in [-0.2, -0.15) is 0 Å². The summed E-state index contributed by atoms with van der Waals surface area (Å²) in [6.07, 6.45) is 2.90. The smallest absolute Gasteiger partial charge is 0.220 e. The molecule has 0 fully saturated rings. The Balaban J connectivity index is 4.38. The molecule has 4 N–H and O–H groups in total. The highest BCUT2D eigenvalue weighted by Gasteiger charge is 2.27. The number of nitrogens with one attached hydrogen (secondary N) is 1. The second-order valence-corrected chi connectivity index (χ2v) is 5.63. The van der Waals surface area contributed by atoms with E-state index in [1.54, 1.807) is 0 Å². The van der Waals surface area contributed by atoms with Crippen molar-refractivity contribution in [2.24, 2.45) is 17.6 Å². The predicted molar refractivity (Wildman–Crippen MR) is 75.2 cm³/mol. The summed E-state index contributed by atoms with van der Waals surface area (Å²) in [5.74, 6) is 0.783. The lowest BCUT2D eigenvalue weighted by Crippen LogP contribution is -2.51. The predicted octanol–water partition coefficient (Wildman–Crippen LogP) is 1.66. The molecule has 0 saturated carbocycles. The molecule has 18 heavy (non-hydrogen) atoms.